The van der Waals surface area contributed by atoms with Gasteiger partial charge in [-0.1, -0.05) is 29.8 Å². The van der Waals surface area contributed by atoms with Crippen LogP contribution in [0.2, 0.25) is 5.02 Å². The Morgan fingerprint density at radius 2 is 1.95 bits per heavy atom. The Morgan fingerprint density at radius 1 is 1.23 bits per heavy atom. The van der Waals surface area contributed by atoms with Gasteiger partial charge in [-0.15, -0.1) is 0 Å². The van der Waals surface area contributed by atoms with Crippen LogP contribution in [0.15, 0.2) is 41.4 Å². The highest BCUT2D eigenvalue weighted by Crippen LogP contribution is 2.29. The van der Waals surface area contributed by atoms with Gasteiger partial charge in [0.25, 0.3) is 0 Å². The number of nitrogens with zero attached hydrogens (tertiary/aromatic N) is 3. The van der Waals surface area contributed by atoms with Gasteiger partial charge < -0.3 is 4.90 Å². The zero-order valence-corrected chi connectivity index (χ0v) is 13.7. The lowest BCUT2D eigenvalue weighted by atomic mass is 9.97. The minimum absolute atomic E-state index is 0.619. The van der Waals surface area contributed by atoms with Crippen LogP contribution in [0.1, 0.15) is 22.3 Å². The quantitative estimate of drug-likeness (QED) is 0.622. The molecule has 0 aliphatic carbocycles. The molecule has 0 spiro atoms. The molecule has 4 heteroatoms. The zero-order valence-electron chi connectivity index (χ0n) is 13.0. The van der Waals surface area contributed by atoms with Crippen molar-refractivity contribution >= 4 is 23.6 Å². The van der Waals surface area contributed by atoms with Crippen molar-refractivity contribution in [2.24, 2.45) is 4.99 Å². The Morgan fingerprint density at radius 3 is 2.64 bits per heavy atom. The Hall–Kier alpha value is -2.31. The lowest BCUT2D eigenvalue weighted by molar-refractivity contribution is 0.643. The normalized spacial score (nSPS) is 10.7. The second-order valence-electron chi connectivity index (χ2n) is 5.38. The van der Waals surface area contributed by atoms with Crippen molar-refractivity contribution in [1.29, 1.82) is 5.26 Å². The van der Waals surface area contributed by atoms with Gasteiger partial charge >= 0.3 is 0 Å². The number of hydrogen-bond acceptors (Lipinski definition) is 2. The number of halogens is 1. The predicted molar refractivity (Wildman–Crippen MR) is 92.0 cm³/mol. The van der Waals surface area contributed by atoms with E-state index in [0.29, 0.717) is 17.0 Å². The molecule has 3 nitrogen and oxygen atoms in total. The molecular weight excluding hydrogens is 294 g/mol. The smallest absolute Gasteiger partial charge is 0.0994 e. The first-order valence-electron chi connectivity index (χ1n) is 6.99. The van der Waals surface area contributed by atoms with Crippen LogP contribution in [-0.4, -0.2) is 25.3 Å². The molecular formula is C18H18ClN3. The summed E-state index contributed by atoms with van der Waals surface area (Å²) in [5.41, 5.74) is 4.69. The molecule has 0 unspecified atom stereocenters. The zero-order chi connectivity index (χ0) is 16.1. The summed E-state index contributed by atoms with van der Waals surface area (Å²) in [6.45, 7) is 2.04. The maximum atomic E-state index is 9.19. The van der Waals surface area contributed by atoms with E-state index < -0.39 is 0 Å². The third-order valence-electron chi connectivity index (χ3n) is 3.35. The van der Waals surface area contributed by atoms with Gasteiger partial charge in [0.1, 0.15) is 0 Å². The molecule has 0 aliphatic heterocycles. The van der Waals surface area contributed by atoms with Crippen LogP contribution >= 0.6 is 11.6 Å². The maximum Gasteiger partial charge on any atom is 0.0994 e. The minimum atomic E-state index is 0.619. The first-order chi connectivity index (χ1) is 10.5. The highest BCUT2D eigenvalue weighted by atomic mass is 35.5. The van der Waals surface area contributed by atoms with E-state index in [2.05, 4.69) is 11.1 Å². The molecule has 2 aromatic rings. The molecule has 0 saturated carbocycles. The Bertz CT molecular complexity index is 742. The largest absolute Gasteiger partial charge is 0.369 e. The molecule has 2 rings (SSSR count). The molecule has 112 valence electrons. The van der Waals surface area contributed by atoms with E-state index in [0.717, 1.165) is 22.4 Å². The van der Waals surface area contributed by atoms with Crippen LogP contribution in [0, 0.1) is 18.3 Å². The van der Waals surface area contributed by atoms with Gasteiger partial charge in [0.05, 0.1) is 28.7 Å². The lowest BCUT2D eigenvalue weighted by Crippen LogP contribution is -2.07. The van der Waals surface area contributed by atoms with Crippen LogP contribution in [0.5, 0.6) is 0 Å². The van der Waals surface area contributed by atoms with Crippen molar-refractivity contribution in [3.05, 3.63) is 63.7 Å². The third kappa shape index (κ3) is 3.87. The fourth-order valence-electron chi connectivity index (χ4n) is 2.16. The first kappa shape index (κ1) is 16.1. The third-order valence-corrected chi connectivity index (χ3v) is 3.65. The number of nitriles is 1. The second-order valence-corrected chi connectivity index (χ2v) is 5.79. The highest BCUT2D eigenvalue weighted by molar-refractivity contribution is 6.33. The number of benzene rings is 2. The Kier molecular flexibility index (Phi) is 5.19. The highest BCUT2D eigenvalue weighted by Gasteiger charge is 2.08. The molecule has 0 aromatic heterocycles. The molecule has 0 N–H and O–H groups in total. The number of rotatable bonds is 4. The van der Waals surface area contributed by atoms with Gasteiger partial charge in [-0.2, -0.15) is 5.26 Å². The summed E-state index contributed by atoms with van der Waals surface area (Å²) in [5.74, 6) is 0. The lowest BCUT2D eigenvalue weighted by Gasteiger charge is -2.10. The van der Waals surface area contributed by atoms with E-state index in [1.165, 1.54) is 0 Å². The molecule has 0 heterocycles. The van der Waals surface area contributed by atoms with Gasteiger partial charge in [-0.05, 0) is 48.2 Å². The van der Waals surface area contributed by atoms with E-state index in [4.69, 9.17) is 11.6 Å². The van der Waals surface area contributed by atoms with E-state index in [1.807, 2.05) is 62.3 Å². The van der Waals surface area contributed by atoms with Crippen molar-refractivity contribution in [2.75, 3.05) is 14.1 Å². The molecule has 0 amide bonds. The summed E-state index contributed by atoms with van der Waals surface area (Å²) in [5, 5.41) is 9.81. The van der Waals surface area contributed by atoms with Crippen LogP contribution in [0.3, 0.4) is 0 Å². The van der Waals surface area contributed by atoms with Crippen molar-refractivity contribution < 1.29 is 0 Å². The molecule has 0 radical (unpaired) electrons. The van der Waals surface area contributed by atoms with Gasteiger partial charge in [-0.3, -0.25) is 0 Å². The van der Waals surface area contributed by atoms with Gasteiger partial charge in [-0.25, -0.2) is 4.99 Å². The van der Waals surface area contributed by atoms with Gasteiger partial charge in [0.15, 0.2) is 0 Å². The van der Waals surface area contributed by atoms with E-state index >= 15 is 0 Å². The topological polar surface area (TPSA) is 39.4 Å². The van der Waals surface area contributed by atoms with Gasteiger partial charge in [0.2, 0.25) is 0 Å². The summed E-state index contributed by atoms with van der Waals surface area (Å²) in [7, 11) is 3.83. The molecule has 0 bridgehead atoms. The van der Waals surface area contributed by atoms with Crippen LogP contribution in [0.25, 0.3) is 0 Å². The fraction of sp³-hybridized carbons (Fsp3) is 0.222. The fourth-order valence-corrected chi connectivity index (χ4v) is 2.40. The van der Waals surface area contributed by atoms with E-state index in [9.17, 15) is 5.26 Å². The second kappa shape index (κ2) is 7.11. The molecule has 0 fully saturated rings. The summed E-state index contributed by atoms with van der Waals surface area (Å²) in [6.07, 6.45) is 2.41. The SMILES string of the molecule is Cc1cc(N=CN(C)C)c(Cl)cc1Cc1ccccc1C#N. The average molecular weight is 312 g/mol. The van der Waals surface area contributed by atoms with Crippen molar-refractivity contribution in [3.63, 3.8) is 0 Å². The molecule has 2 aromatic carbocycles. The number of aryl methyl sites for hydroxylation is 1. The van der Waals surface area contributed by atoms with Crippen molar-refractivity contribution in [3.8, 4) is 6.07 Å². The molecule has 0 saturated heterocycles. The van der Waals surface area contributed by atoms with Crippen molar-refractivity contribution in [1.82, 2.24) is 4.90 Å². The minimum Gasteiger partial charge on any atom is -0.369 e. The molecule has 22 heavy (non-hydrogen) atoms. The van der Waals surface area contributed by atoms with Crippen LogP contribution in [-0.2, 0) is 6.42 Å². The van der Waals surface area contributed by atoms with Gasteiger partial charge in [0, 0.05) is 14.1 Å². The predicted octanol–water partition coefficient (Wildman–Crippen LogP) is 4.33. The molecule has 0 aliphatic rings. The molecule has 0 atom stereocenters. The van der Waals surface area contributed by atoms with Crippen molar-refractivity contribution in [2.45, 2.75) is 13.3 Å². The van der Waals surface area contributed by atoms with E-state index in [1.54, 1.807) is 6.34 Å². The maximum absolute atomic E-state index is 9.19. The Balaban J connectivity index is 2.34. The number of aliphatic imine (C=N–C) groups is 1. The number of hydrogen-bond donors (Lipinski definition) is 0. The summed E-state index contributed by atoms with van der Waals surface area (Å²) >= 11 is 6.33. The van der Waals surface area contributed by atoms with Crippen LogP contribution in [0.4, 0.5) is 5.69 Å². The Labute approximate surface area is 136 Å². The standard InChI is InChI=1S/C18H18ClN3/c1-13-8-18(21-12-22(2)3)17(19)10-16(13)9-14-6-4-5-7-15(14)11-20/h4-8,10,12H,9H2,1-3H3. The van der Waals surface area contributed by atoms with Crippen LogP contribution < -0.4 is 0 Å². The van der Waals surface area contributed by atoms with E-state index in [-0.39, 0.29) is 0 Å². The average Bonchev–Trinajstić information content (AvgIpc) is 2.49. The summed E-state index contributed by atoms with van der Waals surface area (Å²) < 4.78 is 0. The summed E-state index contributed by atoms with van der Waals surface area (Å²) in [6, 6.07) is 13.8. The summed E-state index contributed by atoms with van der Waals surface area (Å²) in [4.78, 5) is 6.23. The monoisotopic (exact) mass is 311 g/mol. The first-order valence-corrected chi connectivity index (χ1v) is 7.36.